The van der Waals surface area contributed by atoms with E-state index in [4.69, 9.17) is 39.5 Å². The molecular formula is C16H14Cl3NO4S. The molecule has 2 aromatic rings. The minimum Gasteiger partial charge on any atom is -0.462 e. The van der Waals surface area contributed by atoms with Crippen LogP contribution in [-0.2, 0) is 15.8 Å². The van der Waals surface area contributed by atoms with Crippen molar-refractivity contribution in [1.29, 1.82) is 0 Å². The Hall–Kier alpha value is -1.31. The van der Waals surface area contributed by atoms with Gasteiger partial charge in [0.25, 0.3) is 0 Å². The van der Waals surface area contributed by atoms with E-state index in [1.54, 1.807) is 31.2 Å². The van der Waals surface area contributed by atoms with Crippen LogP contribution >= 0.6 is 34.8 Å². The van der Waals surface area contributed by atoms with Crippen LogP contribution in [0.15, 0.2) is 36.4 Å². The van der Waals surface area contributed by atoms with Crippen molar-refractivity contribution < 1.29 is 18.3 Å². The van der Waals surface area contributed by atoms with Gasteiger partial charge in [-0.15, -0.1) is 0 Å². The lowest BCUT2D eigenvalue weighted by Crippen LogP contribution is -2.22. The summed E-state index contributed by atoms with van der Waals surface area (Å²) in [6.07, 6.45) is 0. The zero-order valence-corrected chi connectivity index (χ0v) is 16.1. The highest BCUT2D eigenvalue weighted by atomic mass is 35.5. The van der Waals surface area contributed by atoms with E-state index in [1.807, 2.05) is 0 Å². The number of hydrogen-bond donors (Lipinski definition) is 1. The topological polar surface area (TPSA) is 66.8 Å². The first-order chi connectivity index (χ1) is 11.8. The maximum absolute atomic E-state index is 12.1. The predicted molar refractivity (Wildman–Crippen MR) is 102 cm³/mol. The van der Waals surface area contributed by atoms with E-state index in [-0.39, 0.29) is 28.1 Å². The molecule has 0 aliphatic rings. The highest BCUT2D eigenvalue weighted by molar-refractivity contribution is 7.79. The Morgan fingerprint density at radius 1 is 1.16 bits per heavy atom. The molecule has 0 spiro atoms. The Morgan fingerprint density at radius 2 is 1.80 bits per heavy atom. The third-order valence-corrected chi connectivity index (χ3v) is 4.53. The lowest BCUT2D eigenvalue weighted by atomic mass is 10.1. The van der Waals surface area contributed by atoms with Crippen molar-refractivity contribution in [2.75, 3.05) is 17.4 Å². The van der Waals surface area contributed by atoms with Gasteiger partial charge in [-0.2, -0.15) is 0 Å². The molecule has 0 saturated carbocycles. The van der Waals surface area contributed by atoms with Gasteiger partial charge in [0.2, 0.25) is 0 Å². The number of carbonyl (C=O) groups is 1. The zero-order valence-electron chi connectivity index (χ0n) is 13.0. The van der Waals surface area contributed by atoms with Crippen LogP contribution in [0.3, 0.4) is 0 Å². The third kappa shape index (κ3) is 5.09. The van der Waals surface area contributed by atoms with E-state index in [2.05, 4.69) is 0 Å². The molecule has 134 valence electrons. The number of benzene rings is 2. The molecule has 1 atom stereocenters. The van der Waals surface area contributed by atoms with E-state index in [0.29, 0.717) is 16.4 Å². The maximum Gasteiger partial charge on any atom is 0.339 e. The summed E-state index contributed by atoms with van der Waals surface area (Å²) < 4.78 is 25.7. The molecule has 0 aliphatic carbocycles. The largest absolute Gasteiger partial charge is 0.462 e. The Kier molecular flexibility index (Phi) is 7.10. The molecule has 1 N–H and O–H groups in total. The fraction of sp³-hybridized carbons (Fsp3) is 0.188. The van der Waals surface area contributed by atoms with Gasteiger partial charge in [-0.25, -0.2) is 9.00 Å². The fourth-order valence-corrected chi connectivity index (χ4v) is 3.28. The van der Waals surface area contributed by atoms with Crippen molar-refractivity contribution >= 4 is 63.2 Å². The van der Waals surface area contributed by atoms with Crippen LogP contribution in [0.25, 0.3) is 0 Å². The van der Waals surface area contributed by atoms with Gasteiger partial charge in [0.1, 0.15) is 5.88 Å². The quantitative estimate of drug-likeness (QED) is 0.515. The Balaban J connectivity index is 2.58. The van der Waals surface area contributed by atoms with Gasteiger partial charge in [0, 0.05) is 15.7 Å². The minimum atomic E-state index is -2.16. The number of hydrogen-bond acceptors (Lipinski definition) is 4. The average Bonchev–Trinajstić information content (AvgIpc) is 2.55. The van der Waals surface area contributed by atoms with Crippen LogP contribution in [-0.4, -0.2) is 27.2 Å². The second-order valence-corrected chi connectivity index (χ2v) is 7.01. The molecule has 5 nitrogen and oxygen atoms in total. The van der Waals surface area contributed by atoms with Crippen LogP contribution in [0.4, 0.5) is 11.4 Å². The molecule has 0 aliphatic heterocycles. The summed E-state index contributed by atoms with van der Waals surface area (Å²) in [6.45, 7) is 1.85. The summed E-state index contributed by atoms with van der Waals surface area (Å²) in [7, 11) is 0. The molecule has 0 fully saturated rings. The van der Waals surface area contributed by atoms with Crippen LogP contribution < -0.4 is 4.90 Å². The summed E-state index contributed by atoms with van der Waals surface area (Å²) in [6, 6.07) is 9.49. The minimum absolute atomic E-state index is 0.0725. The highest BCUT2D eigenvalue weighted by Crippen LogP contribution is 2.37. The van der Waals surface area contributed by atoms with E-state index < -0.39 is 17.0 Å². The zero-order chi connectivity index (χ0) is 18.6. The number of nitrogens with zero attached hydrogens (tertiary/aromatic N) is 1. The Morgan fingerprint density at radius 3 is 2.36 bits per heavy atom. The van der Waals surface area contributed by atoms with Gasteiger partial charge in [0.15, 0.2) is 11.1 Å². The summed E-state index contributed by atoms with van der Waals surface area (Å²) in [5.41, 5.74) is 0.946. The predicted octanol–water partition coefficient (Wildman–Crippen LogP) is 5.14. The summed E-state index contributed by atoms with van der Waals surface area (Å²) in [4.78, 5) is 13.6. The monoisotopic (exact) mass is 421 g/mol. The molecule has 0 saturated heterocycles. The van der Waals surface area contributed by atoms with Crippen LogP contribution in [0.2, 0.25) is 15.1 Å². The highest BCUT2D eigenvalue weighted by Gasteiger charge is 2.22. The van der Waals surface area contributed by atoms with Crippen LogP contribution in [0, 0.1) is 0 Å². The van der Waals surface area contributed by atoms with Gasteiger partial charge >= 0.3 is 5.97 Å². The molecule has 0 radical (unpaired) electrons. The van der Waals surface area contributed by atoms with Crippen LogP contribution in [0.1, 0.15) is 17.3 Å². The van der Waals surface area contributed by atoms with Crippen molar-refractivity contribution in [2.45, 2.75) is 6.92 Å². The number of carbonyl (C=O) groups excluding carboxylic acids is 1. The first-order valence-corrected chi connectivity index (χ1v) is 9.51. The molecule has 0 bridgehead atoms. The Labute approximate surface area is 162 Å². The molecular weight excluding hydrogens is 409 g/mol. The lowest BCUT2D eigenvalue weighted by Gasteiger charge is -2.25. The number of halogens is 3. The van der Waals surface area contributed by atoms with E-state index in [9.17, 15) is 13.6 Å². The maximum atomic E-state index is 12.1. The van der Waals surface area contributed by atoms with Gasteiger partial charge in [-0.05, 0) is 43.3 Å². The normalized spacial score (nSPS) is 11.9. The van der Waals surface area contributed by atoms with Gasteiger partial charge < -0.3 is 14.2 Å². The van der Waals surface area contributed by atoms with E-state index in [1.165, 1.54) is 17.0 Å². The standard InChI is InChI=1S/C16H14Cl3NO4S/c1-2-24-16(21)13-7-11(18)8-14(15(13)19)20(9-25(22)23)12-5-3-10(17)4-6-12/h3-8H,2,9H2,1H3,(H,22,23). The van der Waals surface area contributed by atoms with Crippen molar-refractivity contribution in [3.05, 3.63) is 57.0 Å². The molecule has 0 amide bonds. The molecule has 0 heterocycles. The van der Waals surface area contributed by atoms with Crippen molar-refractivity contribution in [2.24, 2.45) is 0 Å². The van der Waals surface area contributed by atoms with Crippen LogP contribution in [0.5, 0.6) is 0 Å². The number of esters is 1. The fourth-order valence-electron chi connectivity index (χ4n) is 2.14. The second kappa shape index (κ2) is 8.87. The number of rotatable bonds is 6. The molecule has 25 heavy (non-hydrogen) atoms. The van der Waals surface area contributed by atoms with Crippen molar-refractivity contribution in [3.8, 4) is 0 Å². The molecule has 9 heteroatoms. The molecule has 1 unspecified atom stereocenters. The number of ether oxygens (including phenoxy) is 1. The molecule has 2 rings (SSSR count). The molecule has 0 aromatic heterocycles. The number of anilines is 2. The second-order valence-electron chi connectivity index (χ2n) is 4.86. The van der Waals surface area contributed by atoms with Gasteiger partial charge in [-0.3, -0.25) is 0 Å². The summed E-state index contributed by atoms with van der Waals surface area (Å²) in [5, 5.41) is 0.826. The third-order valence-electron chi connectivity index (χ3n) is 3.18. The van der Waals surface area contributed by atoms with Crippen molar-refractivity contribution in [1.82, 2.24) is 0 Å². The van der Waals surface area contributed by atoms with Crippen molar-refractivity contribution in [3.63, 3.8) is 0 Å². The Bertz CT molecular complexity index is 799. The van der Waals surface area contributed by atoms with Gasteiger partial charge in [-0.1, -0.05) is 34.8 Å². The average molecular weight is 423 g/mol. The summed E-state index contributed by atoms with van der Waals surface area (Å²) >= 11 is 16.2. The van der Waals surface area contributed by atoms with E-state index >= 15 is 0 Å². The van der Waals surface area contributed by atoms with Gasteiger partial charge in [0.05, 0.1) is 22.9 Å². The first kappa shape index (κ1) is 20.0. The lowest BCUT2D eigenvalue weighted by molar-refractivity contribution is 0.0526. The smallest absolute Gasteiger partial charge is 0.339 e. The molecule has 2 aromatic carbocycles. The van der Waals surface area contributed by atoms with E-state index in [0.717, 1.165) is 0 Å². The summed E-state index contributed by atoms with van der Waals surface area (Å²) in [5.74, 6) is -0.901. The SMILES string of the molecule is CCOC(=O)c1cc(Cl)cc(N(CS(=O)O)c2ccc(Cl)cc2)c1Cl. The first-order valence-electron chi connectivity index (χ1n) is 7.10.